The second-order valence-electron chi connectivity index (χ2n) is 6.20. The number of methoxy groups -OCH3 is 2. The number of H-pyrrole nitrogens is 1. The second kappa shape index (κ2) is 9.25. The molecule has 0 radical (unpaired) electrons. The summed E-state index contributed by atoms with van der Waals surface area (Å²) in [4.78, 5) is 0. The molecule has 0 saturated heterocycles. The van der Waals surface area contributed by atoms with E-state index >= 15 is 0 Å². The Kier molecular flexibility index (Phi) is 6.51. The highest BCUT2D eigenvalue weighted by Gasteiger charge is 2.09. The molecule has 1 atom stereocenters. The van der Waals surface area contributed by atoms with Gasteiger partial charge in [-0.05, 0) is 42.8 Å². The Hall–Kier alpha value is -2.77. The Labute approximate surface area is 158 Å². The van der Waals surface area contributed by atoms with Crippen LogP contribution in [-0.4, -0.2) is 55.3 Å². The number of aromatic amines is 1. The molecule has 0 aliphatic carbocycles. The molecule has 0 aliphatic heterocycles. The zero-order chi connectivity index (χ0) is 19.1. The van der Waals surface area contributed by atoms with Crippen LogP contribution in [0.2, 0.25) is 0 Å². The fourth-order valence-corrected chi connectivity index (χ4v) is 2.85. The van der Waals surface area contributed by atoms with Gasteiger partial charge in [0.15, 0.2) is 11.5 Å². The summed E-state index contributed by atoms with van der Waals surface area (Å²) >= 11 is 0. The minimum absolute atomic E-state index is 0.216. The van der Waals surface area contributed by atoms with Crippen LogP contribution in [0.3, 0.4) is 0 Å². The van der Waals surface area contributed by atoms with Crippen molar-refractivity contribution in [3.8, 4) is 17.2 Å². The SMILES string of the molecule is COc1ccc(CCNCC(O)COc2cccc3[nH]ncc23)cc1OC. The summed E-state index contributed by atoms with van der Waals surface area (Å²) in [6.45, 7) is 1.41. The monoisotopic (exact) mass is 371 g/mol. The zero-order valence-electron chi connectivity index (χ0n) is 15.6. The van der Waals surface area contributed by atoms with Crippen molar-refractivity contribution in [3.63, 3.8) is 0 Å². The molecule has 3 N–H and O–H groups in total. The predicted octanol–water partition coefficient (Wildman–Crippen LogP) is 2.15. The van der Waals surface area contributed by atoms with E-state index in [9.17, 15) is 5.11 Å². The zero-order valence-corrected chi connectivity index (χ0v) is 15.6. The highest BCUT2D eigenvalue weighted by atomic mass is 16.5. The summed E-state index contributed by atoms with van der Waals surface area (Å²) in [7, 11) is 3.25. The van der Waals surface area contributed by atoms with Crippen LogP contribution in [0, 0.1) is 0 Å². The minimum Gasteiger partial charge on any atom is -0.493 e. The maximum absolute atomic E-state index is 10.1. The minimum atomic E-state index is -0.599. The number of fused-ring (bicyclic) bond motifs is 1. The van der Waals surface area contributed by atoms with Crippen LogP contribution in [0.4, 0.5) is 0 Å². The van der Waals surface area contributed by atoms with Gasteiger partial charge >= 0.3 is 0 Å². The maximum Gasteiger partial charge on any atom is 0.160 e. The van der Waals surface area contributed by atoms with E-state index in [0.717, 1.165) is 40.9 Å². The van der Waals surface area contributed by atoms with Gasteiger partial charge in [0.1, 0.15) is 18.5 Å². The van der Waals surface area contributed by atoms with Crippen molar-refractivity contribution < 1.29 is 19.3 Å². The van der Waals surface area contributed by atoms with Crippen molar-refractivity contribution in [1.29, 1.82) is 0 Å². The Morgan fingerprint density at radius 1 is 1.11 bits per heavy atom. The number of hydrogen-bond acceptors (Lipinski definition) is 6. The number of aliphatic hydroxyl groups excluding tert-OH is 1. The molecule has 0 saturated carbocycles. The third-order valence-corrected chi connectivity index (χ3v) is 4.29. The molecule has 0 bridgehead atoms. The Morgan fingerprint density at radius 3 is 2.78 bits per heavy atom. The number of aliphatic hydroxyl groups is 1. The van der Waals surface area contributed by atoms with Crippen LogP contribution in [0.1, 0.15) is 5.56 Å². The van der Waals surface area contributed by atoms with Crippen LogP contribution < -0.4 is 19.5 Å². The van der Waals surface area contributed by atoms with Crippen molar-refractivity contribution >= 4 is 10.9 Å². The summed E-state index contributed by atoms with van der Waals surface area (Å²) in [6.07, 6.45) is 1.94. The summed E-state index contributed by atoms with van der Waals surface area (Å²) in [6, 6.07) is 11.6. The lowest BCUT2D eigenvalue weighted by Gasteiger charge is -2.14. The van der Waals surface area contributed by atoms with Crippen molar-refractivity contribution in [2.45, 2.75) is 12.5 Å². The summed E-state index contributed by atoms with van der Waals surface area (Å²) < 4.78 is 16.3. The first-order valence-corrected chi connectivity index (χ1v) is 8.86. The van der Waals surface area contributed by atoms with Crippen molar-refractivity contribution in [3.05, 3.63) is 48.2 Å². The number of ether oxygens (including phenoxy) is 3. The van der Waals surface area contributed by atoms with E-state index < -0.39 is 6.10 Å². The lowest BCUT2D eigenvalue weighted by atomic mass is 10.1. The fraction of sp³-hybridized carbons (Fsp3) is 0.350. The topological polar surface area (TPSA) is 88.6 Å². The molecule has 27 heavy (non-hydrogen) atoms. The van der Waals surface area contributed by atoms with Crippen LogP contribution in [0.15, 0.2) is 42.6 Å². The van der Waals surface area contributed by atoms with Crippen molar-refractivity contribution in [2.75, 3.05) is 33.9 Å². The van der Waals surface area contributed by atoms with Gasteiger partial charge in [0.05, 0.1) is 31.3 Å². The Balaban J connectivity index is 1.41. The molecule has 7 heteroatoms. The Bertz CT molecular complexity index is 865. The van der Waals surface area contributed by atoms with E-state index in [1.165, 1.54) is 0 Å². The summed E-state index contributed by atoms with van der Waals surface area (Å²) in [5.74, 6) is 2.15. The van der Waals surface area contributed by atoms with Crippen molar-refractivity contribution in [2.24, 2.45) is 0 Å². The number of rotatable bonds is 10. The maximum atomic E-state index is 10.1. The molecule has 1 aromatic heterocycles. The third kappa shape index (κ3) is 4.90. The van der Waals surface area contributed by atoms with Crippen LogP contribution in [-0.2, 0) is 6.42 Å². The third-order valence-electron chi connectivity index (χ3n) is 4.29. The second-order valence-corrected chi connectivity index (χ2v) is 6.20. The van der Waals surface area contributed by atoms with Gasteiger partial charge in [0.25, 0.3) is 0 Å². The quantitative estimate of drug-likeness (QED) is 0.473. The molecular formula is C20H25N3O4. The van der Waals surface area contributed by atoms with Gasteiger partial charge in [-0.1, -0.05) is 12.1 Å². The van der Waals surface area contributed by atoms with E-state index in [-0.39, 0.29) is 6.61 Å². The molecule has 144 valence electrons. The molecule has 7 nitrogen and oxygen atoms in total. The normalized spacial score (nSPS) is 12.1. The first-order valence-electron chi connectivity index (χ1n) is 8.86. The van der Waals surface area contributed by atoms with E-state index in [1.54, 1.807) is 20.4 Å². The molecule has 1 heterocycles. The molecule has 0 amide bonds. The predicted molar refractivity (Wildman–Crippen MR) is 104 cm³/mol. The van der Waals surface area contributed by atoms with E-state index in [4.69, 9.17) is 14.2 Å². The summed E-state index contributed by atoms with van der Waals surface area (Å²) in [5, 5.41) is 21.2. The van der Waals surface area contributed by atoms with Gasteiger partial charge < -0.3 is 24.6 Å². The number of aromatic nitrogens is 2. The molecule has 3 aromatic rings. The van der Waals surface area contributed by atoms with Crippen LogP contribution >= 0.6 is 0 Å². The van der Waals surface area contributed by atoms with Gasteiger partial charge in [-0.15, -0.1) is 0 Å². The highest BCUT2D eigenvalue weighted by molar-refractivity contribution is 5.84. The number of benzene rings is 2. The average Bonchev–Trinajstić information content (AvgIpc) is 3.18. The lowest BCUT2D eigenvalue weighted by molar-refractivity contribution is 0.107. The van der Waals surface area contributed by atoms with E-state index in [2.05, 4.69) is 15.5 Å². The molecular weight excluding hydrogens is 346 g/mol. The fourth-order valence-electron chi connectivity index (χ4n) is 2.85. The number of nitrogens with zero attached hydrogens (tertiary/aromatic N) is 1. The summed E-state index contributed by atoms with van der Waals surface area (Å²) in [5.41, 5.74) is 2.05. The van der Waals surface area contributed by atoms with Gasteiger partial charge in [-0.25, -0.2) is 0 Å². The molecule has 3 rings (SSSR count). The molecule has 1 unspecified atom stereocenters. The molecule has 2 aromatic carbocycles. The lowest BCUT2D eigenvalue weighted by Crippen LogP contribution is -2.32. The molecule has 0 spiro atoms. The van der Waals surface area contributed by atoms with E-state index in [0.29, 0.717) is 12.3 Å². The van der Waals surface area contributed by atoms with E-state index in [1.807, 2.05) is 36.4 Å². The van der Waals surface area contributed by atoms with Gasteiger partial charge in [-0.3, -0.25) is 5.10 Å². The van der Waals surface area contributed by atoms with Crippen LogP contribution in [0.5, 0.6) is 17.2 Å². The van der Waals surface area contributed by atoms with Gasteiger partial charge in [0, 0.05) is 6.54 Å². The number of hydrogen-bond donors (Lipinski definition) is 3. The highest BCUT2D eigenvalue weighted by Crippen LogP contribution is 2.27. The average molecular weight is 371 g/mol. The number of nitrogens with one attached hydrogen (secondary N) is 2. The molecule has 0 aliphatic rings. The smallest absolute Gasteiger partial charge is 0.160 e. The van der Waals surface area contributed by atoms with Gasteiger partial charge in [0.2, 0.25) is 0 Å². The molecule has 0 fully saturated rings. The van der Waals surface area contributed by atoms with Crippen LogP contribution in [0.25, 0.3) is 10.9 Å². The standard InChI is InChI=1S/C20H25N3O4/c1-25-19-7-6-14(10-20(19)26-2)8-9-21-11-15(24)13-27-18-5-3-4-17-16(18)12-22-23-17/h3-7,10,12,15,21,24H,8-9,11,13H2,1-2H3,(H,22,23). The first kappa shape index (κ1) is 19.0. The first-order chi connectivity index (χ1) is 13.2. The Morgan fingerprint density at radius 2 is 1.96 bits per heavy atom. The van der Waals surface area contributed by atoms with Gasteiger partial charge in [-0.2, -0.15) is 5.10 Å². The van der Waals surface area contributed by atoms with Crippen molar-refractivity contribution in [1.82, 2.24) is 15.5 Å². The largest absolute Gasteiger partial charge is 0.493 e.